The van der Waals surface area contributed by atoms with Gasteiger partial charge < -0.3 is 10.5 Å². The molecular weight excluding hydrogens is 522 g/mol. The number of amides is 2. The smallest absolute Gasteiger partial charge is 0.414 e. The van der Waals surface area contributed by atoms with Crippen LogP contribution >= 0.6 is 27.5 Å². The van der Waals surface area contributed by atoms with Gasteiger partial charge >= 0.3 is 6.09 Å². The lowest BCUT2D eigenvalue weighted by Gasteiger charge is -2.39. The van der Waals surface area contributed by atoms with E-state index in [4.69, 9.17) is 22.1 Å². The lowest BCUT2D eigenvalue weighted by atomic mass is 10.0. The Bertz CT molecular complexity index is 1180. The fourth-order valence-electron chi connectivity index (χ4n) is 4.07. The number of halogens is 2. The normalized spacial score (nSPS) is 17.7. The van der Waals surface area contributed by atoms with Crippen molar-refractivity contribution in [1.29, 1.82) is 0 Å². The summed E-state index contributed by atoms with van der Waals surface area (Å²) in [5, 5.41) is 0.179. The Balaban J connectivity index is 1.50. The summed E-state index contributed by atoms with van der Waals surface area (Å²) in [6.45, 7) is 0.719. The molecule has 2 N–H and O–H groups in total. The van der Waals surface area contributed by atoms with E-state index in [1.54, 1.807) is 4.90 Å². The van der Waals surface area contributed by atoms with E-state index in [0.717, 1.165) is 15.7 Å². The largest absolute Gasteiger partial charge is 0.444 e. The third kappa shape index (κ3) is 4.50. The number of hydrogen-bond donors (Lipinski definition) is 1. The van der Waals surface area contributed by atoms with Crippen LogP contribution in [-0.2, 0) is 32.6 Å². The topological polar surface area (TPSA) is 110 Å². The standard InChI is InChI=1S/C21H21BrClN3O5S/c22-15-2-4-19-14(9-15)12-31-21(28)26(19)16-5-7-25(8-6-16)32(29,30)17-3-1-13(10-20(24)27)18(23)11-17/h1-4,9,11,16H,5-8,10,12H2,(H2,24,27). The first-order valence-corrected chi connectivity index (χ1v) is 12.6. The number of carbonyl (C=O) groups excluding carboxylic acids is 2. The molecule has 170 valence electrons. The van der Waals surface area contributed by atoms with Gasteiger partial charge in [-0.05, 0) is 48.7 Å². The van der Waals surface area contributed by atoms with Gasteiger partial charge in [0, 0.05) is 34.2 Å². The molecule has 2 amide bonds. The molecule has 4 rings (SSSR count). The number of anilines is 1. The average molecular weight is 543 g/mol. The number of hydrogen-bond acceptors (Lipinski definition) is 5. The molecule has 2 aliphatic rings. The van der Waals surface area contributed by atoms with Crippen LogP contribution in [-0.4, -0.2) is 43.9 Å². The fourth-order valence-corrected chi connectivity index (χ4v) is 6.28. The molecule has 32 heavy (non-hydrogen) atoms. The molecule has 0 unspecified atom stereocenters. The molecule has 2 aromatic carbocycles. The first-order valence-electron chi connectivity index (χ1n) is 9.98. The number of sulfonamides is 1. The van der Waals surface area contributed by atoms with Crippen LogP contribution in [0.2, 0.25) is 5.02 Å². The molecule has 0 aromatic heterocycles. The lowest BCUT2D eigenvalue weighted by molar-refractivity contribution is -0.117. The minimum Gasteiger partial charge on any atom is -0.444 e. The van der Waals surface area contributed by atoms with Crippen LogP contribution in [0.15, 0.2) is 45.8 Å². The van der Waals surface area contributed by atoms with Gasteiger partial charge in [-0.25, -0.2) is 13.2 Å². The van der Waals surface area contributed by atoms with Gasteiger partial charge in [0.25, 0.3) is 0 Å². The highest BCUT2D eigenvalue weighted by Gasteiger charge is 2.37. The molecule has 1 fully saturated rings. The Morgan fingerprint density at radius 2 is 1.91 bits per heavy atom. The fraction of sp³-hybridized carbons (Fsp3) is 0.333. The monoisotopic (exact) mass is 541 g/mol. The zero-order valence-electron chi connectivity index (χ0n) is 17.0. The zero-order valence-corrected chi connectivity index (χ0v) is 20.1. The summed E-state index contributed by atoms with van der Waals surface area (Å²) < 4.78 is 33.9. The third-order valence-corrected chi connectivity index (χ3v) is 8.40. The number of primary amides is 1. The van der Waals surface area contributed by atoms with Crippen molar-refractivity contribution in [1.82, 2.24) is 4.31 Å². The molecule has 1 saturated heterocycles. The van der Waals surface area contributed by atoms with Crippen LogP contribution in [0.3, 0.4) is 0 Å². The number of ether oxygens (including phenoxy) is 1. The maximum absolute atomic E-state index is 13.1. The van der Waals surface area contributed by atoms with E-state index in [2.05, 4.69) is 15.9 Å². The highest BCUT2D eigenvalue weighted by atomic mass is 79.9. The van der Waals surface area contributed by atoms with Crippen molar-refractivity contribution >= 4 is 55.2 Å². The summed E-state index contributed by atoms with van der Waals surface area (Å²) in [6, 6.07) is 9.77. The number of piperidine rings is 1. The van der Waals surface area contributed by atoms with E-state index in [0.29, 0.717) is 18.4 Å². The van der Waals surface area contributed by atoms with E-state index < -0.39 is 22.0 Å². The molecule has 0 spiro atoms. The quantitative estimate of drug-likeness (QED) is 0.622. The molecule has 2 aliphatic heterocycles. The Hall–Kier alpha value is -2.14. The van der Waals surface area contributed by atoms with Crippen molar-refractivity contribution in [2.24, 2.45) is 5.73 Å². The first kappa shape index (κ1) is 23.0. The van der Waals surface area contributed by atoms with Crippen LogP contribution in [0.25, 0.3) is 0 Å². The van der Waals surface area contributed by atoms with Crippen LogP contribution < -0.4 is 10.6 Å². The van der Waals surface area contributed by atoms with E-state index in [1.165, 1.54) is 22.5 Å². The molecule has 11 heteroatoms. The molecule has 2 aromatic rings. The highest BCUT2D eigenvalue weighted by molar-refractivity contribution is 9.10. The van der Waals surface area contributed by atoms with Gasteiger partial charge in [-0.3, -0.25) is 9.69 Å². The zero-order chi connectivity index (χ0) is 23.0. The maximum atomic E-state index is 13.1. The maximum Gasteiger partial charge on any atom is 0.414 e. The molecule has 8 nitrogen and oxygen atoms in total. The Labute approximate surface area is 199 Å². The lowest BCUT2D eigenvalue weighted by Crippen LogP contribution is -2.50. The number of nitrogens with zero attached hydrogens (tertiary/aromatic N) is 2. The molecule has 0 aliphatic carbocycles. The van der Waals surface area contributed by atoms with Crippen LogP contribution in [0.4, 0.5) is 10.5 Å². The summed E-state index contributed by atoms with van der Waals surface area (Å²) >= 11 is 9.60. The number of fused-ring (bicyclic) bond motifs is 1. The van der Waals surface area contributed by atoms with Gasteiger partial charge in [-0.2, -0.15) is 4.31 Å². The first-order chi connectivity index (χ1) is 15.2. The van der Waals surface area contributed by atoms with Gasteiger partial charge in [-0.15, -0.1) is 0 Å². The summed E-state index contributed by atoms with van der Waals surface area (Å²) in [5.41, 5.74) is 7.37. The average Bonchev–Trinajstić information content (AvgIpc) is 2.75. The Morgan fingerprint density at radius 3 is 2.56 bits per heavy atom. The molecule has 0 radical (unpaired) electrons. The summed E-state index contributed by atoms with van der Waals surface area (Å²) in [5.74, 6) is -0.547. The number of benzene rings is 2. The molecule has 2 heterocycles. The van der Waals surface area contributed by atoms with E-state index in [9.17, 15) is 18.0 Å². The number of rotatable bonds is 5. The van der Waals surface area contributed by atoms with Crippen molar-refractivity contribution in [2.75, 3.05) is 18.0 Å². The van der Waals surface area contributed by atoms with Crippen molar-refractivity contribution < 1.29 is 22.7 Å². The SMILES string of the molecule is NC(=O)Cc1ccc(S(=O)(=O)N2CCC(N3C(=O)OCc4cc(Br)ccc43)CC2)cc1Cl. The minimum atomic E-state index is -3.77. The highest BCUT2D eigenvalue weighted by Crippen LogP contribution is 2.34. The second-order valence-electron chi connectivity index (χ2n) is 7.73. The van der Waals surface area contributed by atoms with Crippen LogP contribution in [0.5, 0.6) is 0 Å². The minimum absolute atomic E-state index is 0.0572. The van der Waals surface area contributed by atoms with Crippen molar-refractivity contribution in [3.63, 3.8) is 0 Å². The van der Waals surface area contributed by atoms with Gasteiger partial charge in [-0.1, -0.05) is 33.6 Å². The van der Waals surface area contributed by atoms with Crippen molar-refractivity contribution in [3.8, 4) is 0 Å². The predicted octanol–water partition coefficient (Wildman–Crippen LogP) is 3.44. The van der Waals surface area contributed by atoms with Gasteiger partial charge in [0.15, 0.2) is 0 Å². The number of cyclic esters (lactones) is 1. The Kier molecular flexibility index (Phi) is 6.49. The second kappa shape index (κ2) is 9.01. The van der Waals surface area contributed by atoms with Crippen LogP contribution in [0.1, 0.15) is 24.0 Å². The molecule has 0 atom stereocenters. The summed E-state index contributed by atoms with van der Waals surface area (Å²) in [4.78, 5) is 25.3. The number of carbonyl (C=O) groups is 2. The second-order valence-corrected chi connectivity index (χ2v) is 11.0. The molecule has 0 bridgehead atoms. The molecular formula is C21H21BrClN3O5S. The molecule has 0 saturated carbocycles. The van der Waals surface area contributed by atoms with E-state index in [-0.39, 0.29) is 42.1 Å². The summed E-state index contributed by atoms with van der Waals surface area (Å²) in [6.07, 6.45) is 0.460. The van der Waals surface area contributed by atoms with Crippen LogP contribution in [0, 0.1) is 0 Å². The van der Waals surface area contributed by atoms with Crippen molar-refractivity contribution in [3.05, 3.63) is 57.0 Å². The summed E-state index contributed by atoms with van der Waals surface area (Å²) in [7, 11) is -3.77. The van der Waals surface area contributed by atoms with Crippen molar-refractivity contribution in [2.45, 2.75) is 36.8 Å². The van der Waals surface area contributed by atoms with E-state index in [1.807, 2.05) is 18.2 Å². The predicted molar refractivity (Wildman–Crippen MR) is 123 cm³/mol. The third-order valence-electron chi connectivity index (χ3n) is 5.66. The Morgan fingerprint density at radius 1 is 1.19 bits per heavy atom. The van der Waals surface area contributed by atoms with Gasteiger partial charge in [0.2, 0.25) is 15.9 Å². The van der Waals surface area contributed by atoms with E-state index >= 15 is 0 Å². The number of nitrogens with two attached hydrogens (primary N) is 1. The van der Waals surface area contributed by atoms with Gasteiger partial charge in [0.05, 0.1) is 17.0 Å². The van der Waals surface area contributed by atoms with Gasteiger partial charge in [0.1, 0.15) is 6.61 Å².